The van der Waals surface area contributed by atoms with Crippen LogP contribution in [0.4, 0.5) is 0 Å². The molecule has 0 saturated heterocycles. The summed E-state index contributed by atoms with van der Waals surface area (Å²) in [4.78, 5) is 17.1. The van der Waals surface area contributed by atoms with E-state index in [9.17, 15) is 4.79 Å². The number of hydrogen-bond donors (Lipinski definition) is 1. The maximum absolute atomic E-state index is 11.9. The van der Waals surface area contributed by atoms with Crippen LogP contribution >= 0.6 is 0 Å². The van der Waals surface area contributed by atoms with Gasteiger partial charge < -0.3 is 14.1 Å². The number of ether oxygens (including phenoxy) is 1. The van der Waals surface area contributed by atoms with Crippen LogP contribution in [0.1, 0.15) is 0 Å². The second kappa shape index (κ2) is 4.47. The maximum Gasteiger partial charge on any atom is 0.258 e. The van der Waals surface area contributed by atoms with E-state index >= 15 is 0 Å². The molecule has 1 heterocycles. The highest BCUT2D eigenvalue weighted by Crippen LogP contribution is 2.30. The van der Waals surface area contributed by atoms with E-state index in [1.54, 1.807) is 39.5 Å². The zero-order valence-corrected chi connectivity index (χ0v) is 9.98. The number of hydroxylamine groups is 1. The van der Waals surface area contributed by atoms with Crippen molar-refractivity contribution in [2.75, 3.05) is 14.2 Å². The third-order valence-electron chi connectivity index (χ3n) is 2.58. The van der Waals surface area contributed by atoms with Gasteiger partial charge in [-0.05, 0) is 23.6 Å². The third-order valence-corrected chi connectivity index (χ3v) is 2.58. The average molecular weight is 234 g/mol. The smallest absolute Gasteiger partial charge is 0.258 e. The third kappa shape index (κ3) is 1.97. The fourth-order valence-electron chi connectivity index (χ4n) is 1.70. The molecule has 5 nitrogen and oxygen atoms in total. The molecule has 0 saturated carbocycles. The first kappa shape index (κ1) is 11.5. The number of hydrogen-bond acceptors (Lipinski definition) is 4. The molecule has 1 aromatic carbocycles. The number of benzene rings is 1. The fraction of sp³-hybridized carbons (Fsp3) is 0.250. The fourth-order valence-corrected chi connectivity index (χ4v) is 1.70. The Kier molecular flexibility index (Phi) is 3.01. The molecular weight excluding hydrogens is 220 g/mol. The zero-order valence-electron chi connectivity index (χ0n) is 9.98. The number of nitrogens with one attached hydrogen (secondary N) is 1. The van der Waals surface area contributed by atoms with Gasteiger partial charge in [-0.3, -0.25) is 4.79 Å². The van der Waals surface area contributed by atoms with E-state index in [0.717, 1.165) is 5.39 Å². The first-order valence-electron chi connectivity index (χ1n) is 5.18. The second-order valence-electron chi connectivity index (χ2n) is 3.63. The molecule has 0 unspecified atom stereocenters. The molecule has 17 heavy (non-hydrogen) atoms. The molecule has 0 aliphatic carbocycles. The Hall–Kier alpha value is -2.01. The van der Waals surface area contributed by atoms with Gasteiger partial charge in [-0.2, -0.15) is 5.48 Å². The van der Waals surface area contributed by atoms with E-state index in [1.807, 2.05) is 6.07 Å². The van der Waals surface area contributed by atoms with Crippen LogP contribution in [-0.4, -0.2) is 18.7 Å². The van der Waals surface area contributed by atoms with Crippen molar-refractivity contribution >= 4 is 10.8 Å². The summed E-state index contributed by atoms with van der Waals surface area (Å²) in [5, 5.41) is 1.43. The van der Waals surface area contributed by atoms with Gasteiger partial charge in [-0.15, -0.1) is 0 Å². The quantitative estimate of drug-likeness (QED) is 0.807. The maximum atomic E-state index is 11.9. The molecule has 2 aromatic rings. The van der Waals surface area contributed by atoms with Gasteiger partial charge in [0.15, 0.2) is 11.5 Å². The van der Waals surface area contributed by atoms with Crippen LogP contribution in [0.3, 0.4) is 0 Å². The molecule has 0 amide bonds. The largest absolute Gasteiger partial charge is 0.493 e. The highest BCUT2D eigenvalue weighted by Gasteiger charge is 2.09. The van der Waals surface area contributed by atoms with Crippen molar-refractivity contribution in [1.82, 2.24) is 10.0 Å². The summed E-state index contributed by atoms with van der Waals surface area (Å²) in [7, 11) is 4.92. The van der Waals surface area contributed by atoms with Crippen molar-refractivity contribution in [3.8, 4) is 11.5 Å². The number of nitrogens with zero attached hydrogens (tertiary/aromatic N) is 1. The molecule has 5 heteroatoms. The Morgan fingerprint density at radius 2 is 2.06 bits per heavy atom. The molecule has 0 aliphatic rings. The van der Waals surface area contributed by atoms with E-state index in [1.165, 1.54) is 4.57 Å². The molecule has 0 spiro atoms. The summed E-state index contributed by atoms with van der Waals surface area (Å²) in [6, 6.07) is 5.32. The summed E-state index contributed by atoms with van der Waals surface area (Å²) < 4.78 is 6.73. The lowest BCUT2D eigenvalue weighted by Gasteiger charge is -2.10. The Morgan fingerprint density at radius 3 is 2.71 bits per heavy atom. The molecule has 0 bridgehead atoms. The Bertz CT molecular complexity index is 604. The minimum absolute atomic E-state index is 0.0638. The van der Waals surface area contributed by atoms with Crippen molar-refractivity contribution in [3.05, 3.63) is 34.7 Å². The van der Waals surface area contributed by atoms with Gasteiger partial charge in [0.2, 0.25) is 0 Å². The summed E-state index contributed by atoms with van der Waals surface area (Å²) >= 11 is 0. The van der Waals surface area contributed by atoms with Crippen LogP contribution in [-0.2, 0) is 7.05 Å². The molecular formula is C12H14N2O3. The predicted octanol–water partition coefficient (Wildman–Crippen LogP) is 1.06. The Balaban J connectivity index is 2.74. The van der Waals surface area contributed by atoms with E-state index in [0.29, 0.717) is 16.9 Å². The molecule has 0 aliphatic heterocycles. The van der Waals surface area contributed by atoms with Crippen molar-refractivity contribution in [1.29, 1.82) is 0 Å². The van der Waals surface area contributed by atoms with Crippen molar-refractivity contribution < 1.29 is 9.57 Å². The van der Waals surface area contributed by atoms with Crippen LogP contribution in [0.15, 0.2) is 29.2 Å². The first-order valence-corrected chi connectivity index (χ1v) is 5.18. The average Bonchev–Trinajstić information content (AvgIpc) is 2.34. The number of pyridine rings is 1. The first-order chi connectivity index (χ1) is 8.17. The monoisotopic (exact) mass is 234 g/mol. The van der Waals surface area contributed by atoms with Crippen LogP contribution in [0.2, 0.25) is 0 Å². The molecule has 1 aromatic heterocycles. The molecule has 0 radical (unpaired) electrons. The van der Waals surface area contributed by atoms with Crippen LogP contribution in [0, 0.1) is 0 Å². The second-order valence-corrected chi connectivity index (χ2v) is 3.63. The summed E-state index contributed by atoms with van der Waals surface area (Å²) in [6.07, 6.45) is 1.72. The van der Waals surface area contributed by atoms with E-state index in [2.05, 4.69) is 5.48 Å². The molecule has 0 fully saturated rings. The Morgan fingerprint density at radius 1 is 1.29 bits per heavy atom. The van der Waals surface area contributed by atoms with Gasteiger partial charge in [0.1, 0.15) is 0 Å². The van der Waals surface area contributed by atoms with Crippen molar-refractivity contribution in [3.63, 3.8) is 0 Å². The number of aromatic nitrogens is 1. The SMILES string of the molecule is CNOc1cc2c(=O)n(C)ccc2cc1OC. The van der Waals surface area contributed by atoms with Crippen molar-refractivity contribution in [2.24, 2.45) is 7.05 Å². The number of aryl methyl sites for hydroxylation is 1. The predicted molar refractivity (Wildman–Crippen MR) is 65.4 cm³/mol. The lowest BCUT2D eigenvalue weighted by atomic mass is 10.1. The standard InChI is InChI=1S/C12H14N2O3/c1-13-17-11-7-9-8(6-10(11)16-3)4-5-14(2)12(9)15/h4-7,13H,1-3H3. The summed E-state index contributed by atoms with van der Waals surface area (Å²) in [5.41, 5.74) is 2.50. The topological polar surface area (TPSA) is 52.5 Å². The lowest BCUT2D eigenvalue weighted by Crippen LogP contribution is -2.16. The van der Waals surface area contributed by atoms with Crippen LogP contribution < -0.4 is 20.6 Å². The van der Waals surface area contributed by atoms with Crippen LogP contribution in [0.5, 0.6) is 11.5 Å². The number of methoxy groups -OCH3 is 1. The highest BCUT2D eigenvalue weighted by molar-refractivity contribution is 5.85. The summed E-state index contributed by atoms with van der Waals surface area (Å²) in [6.45, 7) is 0. The number of rotatable bonds is 3. The summed E-state index contributed by atoms with van der Waals surface area (Å²) in [5.74, 6) is 1.07. The van der Waals surface area contributed by atoms with Gasteiger partial charge in [0, 0.05) is 20.3 Å². The normalized spacial score (nSPS) is 10.5. The van der Waals surface area contributed by atoms with Crippen LogP contribution in [0.25, 0.3) is 10.8 Å². The van der Waals surface area contributed by atoms with Crippen molar-refractivity contribution in [2.45, 2.75) is 0 Å². The van der Waals surface area contributed by atoms with Gasteiger partial charge in [0.05, 0.1) is 12.5 Å². The molecule has 90 valence electrons. The zero-order chi connectivity index (χ0) is 12.4. The lowest BCUT2D eigenvalue weighted by molar-refractivity contribution is 0.213. The van der Waals surface area contributed by atoms with E-state index < -0.39 is 0 Å². The van der Waals surface area contributed by atoms with Gasteiger partial charge >= 0.3 is 0 Å². The molecule has 1 N–H and O–H groups in total. The minimum Gasteiger partial charge on any atom is -0.493 e. The molecule has 2 rings (SSSR count). The van der Waals surface area contributed by atoms with Gasteiger partial charge in [0.25, 0.3) is 5.56 Å². The highest BCUT2D eigenvalue weighted by atomic mass is 16.7. The Labute approximate surface area is 98.5 Å². The van der Waals surface area contributed by atoms with Gasteiger partial charge in [-0.25, -0.2) is 0 Å². The van der Waals surface area contributed by atoms with E-state index in [-0.39, 0.29) is 5.56 Å². The minimum atomic E-state index is -0.0638. The number of fused-ring (bicyclic) bond motifs is 1. The molecule has 0 atom stereocenters. The van der Waals surface area contributed by atoms with Gasteiger partial charge in [-0.1, -0.05) is 0 Å². The van der Waals surface area contributed by atoms with E-state index in [4.69, 9.17) is 9.57 Å².